The molecule has 0 bridgehead atoms. The van der Waals surface area contributed by atoms with Gasteiger partial charge in [-0.2, -0.15) is 0 Å². The summed E-state index contributed by atoms with van der Waals surface area (Å²) in [5, 5.41) is 12.2. The first-order chi connectivity index (χ1) is 16.1. The molecule has 1 aliphatic rings. The second kappa shape index (κ2) is 9.71. The fraction of sp³-hybridized carbons (Fsp3) is 0.240. The van der Waals surface area contributed by atoms with E-state index in [4.69, 9.17) is 11.6 Å². The highest BCUT2D eigenvalue weighted by Gasteiger charge is 2.28. The number of rotatable bonds is 6. The van der Waals surface area contributed by atoms with Crippen LogP contribution in [0.3, 0.4) is 0 Å². The molecule has 0 aliphatic carbocycles. The van der Waals surface area contributed by atoms with Gasteiger partial charge in [0.05, 0.1) is 11.8 Å². The Morgan fingerprint density at radius 2 is 1.91 bits per heavy atom. The van der Waals surface area contributed by atoms with Crippen molar-refractivity contribution < 1.29 is 4.79 Å². The van der Waals surface area contributed by atoms with Gasteiger partial charge in [-0.05, 0) is 60.2 Å². The van der Waals surface area contributed by atoms with Gasteiger partial charge in [0.1, 0.15) is 0 Å². The number of carbonyl (C=O) groups is 1. The zero-order valence-corrected chi connectivity index (χ0v) is 20.5. The van der Waals surface area contributed by atoms with Gasteiger partial charge in [0, 0.05) is 28.6 Å². The van der Waals surface area contributed by atoms with Crippen LogP contribution >= 0.6 is 34.7 Å². The molecule has 0 N–H and O–H groups in total. The first kappa shape index (κ1) is 22.2. The van der Waals surface area contributed by atoms with E-state index in [0.29, 0.717) is 18.1 Å². The highest BCUT2D eigenvalue weighted by Crippen LogP contribution is 2.31. The summed E-state index contributed by atoms with van der Waals surface area (Å²) in [7, 11) is 0. The molecule has 5 nitrogen and oxygen atoms in total. The molecule has 5 rings (SSSR count). The predicted molar refractivity (Wildman–Crippen MR) is 135 cm³/mol. The number of nitrogens with zero attached hydrogens (tertiary/aromatic N) is 4. The van der Waals surface area contributed by atoms with Gasteiger partial charge in [0.25, 0.3) is 0 Å². The van der Waals surface area contributed by atoms with E-state index in [1.165, 1.54) is 22.2 Å². The van der Waals surface area contributed by atoms with Crippen molar-refractivity contribution in [3.63, 3.8) is 0 Å². The Morgan fingerprint density at radius 1 is 1.12 bits per heavy atom. The Morgan fingerprint density at radius 3 is 2.70 bits per heavy atom. The third-order valence-corrected chi connectivity index (χ3v) is 8.10. The molecule has 3 heterocycles. The Kier molecular flexibility index (Phi) is 6.53. The highest BCUT2D eigenvalue weighted by atomic mass is 35.5. The van der Waals surface area contributed by atoms with Gasteiger partial charge in [0.2, 0.25) is 5.91 Å². The number of hydrogen-bond donors (Lipinski definition) is 0. The van der Waals surface area contributed by atoms with E-state index in [1.807, 2.05) is 54.3 Å². The van der Waals surface area contributed by atoms with Gasteiger partial charge in [-0.1, -0.05) is 53.7 Å². The zero-order valence-electron chi connectivity index (χ0n) is 18.1. The van der Waals surface area contributed by atoms with Crippen molar-refractivity contribution in [1.82, 2.24) is 19.7 Å². The van der Waals surface area contributed by atoms with E-state index in [1.54, 1.807) is 11.3 Å². The summed E-state index contributed by atoms with van der Waals surface area (Å²) in [6.07, 6.45) is 0.932. The number of benzene rings is 2. The Labute approximate surface area is 206 Å². The first-order valence-electron chi connectivity index (χ1n) is 10.8. The van der Waals surface area contributed by atoms with Crippen LogP contribution in [-0.4, -0.2) is 37.4 Å². The summed E-state index contributed by atoms with van der Waals surface area (Å²) >= 11 is 9.34. The van der Waals surface area contributed by atoms with Crippen molar-refractivity contribution in [2.24, 2.45) is 0 Å². The molecule has 1 unspecified atom stereocenters. The van der Waals surface area contributed by atoms with Crippen LogP contribution in [-0.2, 0) is 24.3 Å². The predicted octanol–water partition coefficient (Wildman–Crippen LogP) is 5.77. The number of fused-ring (bicyclic) bond motifs is 1. The Hall–Kier alpha value is -2.61. The average molecular weight is 495 g/mol. The van der Waals surface area contributed by atoms with E-state index in [2.05, 4.69) is 38.3 Å². The van der Waals surface area contributed by atoms with Crippen molar-refractivity contribution in [3.05, 3.63) is 87.1 Å². The molecule has 1 atom stereocenters. The minimum atomic E-state index is -0.262. The van der Waals surface area contributed by atoms with Crippen LogP contribution in [0.1, 0.15) is 22.9 Å². The number of carbonyl (C=O) groups excluding carboxylic acids is 1. The Balaban J connectivity index is 1.40. The lowest BCUT2D eigenvalue weighted by Gasteiger charge is -2.29. The summed E-state index contributed by atoms with van der Waals surface area (Å²) in [5.41, 5.74) is 3.36. The molecule has 0 saturated carbocycles. The van der Waals surface area contributed by atoms with E-state index in [0.717, 1.165) is 35.1 Å². The molecule has 1 aliphatic heterocycles. The molecule has 168 valence electrons. The van der Waals surface area contributed by atoms with Crippen LogP contribution in [0.5, 0.6) is 0 Å². The fourth-order valence-electron chi connectivity index (χ4n) is 4.00. The van der Waals surface area contributed by atoms with E-state index >= 15 is 0 Å². The zero-order chi connectivity index (χ0) is 22.8. The molecule has 8 heteroatoms. The third-order valence-electron chi connectivity index (χ3n) is 5.75. The number of thioether (sulfide) groups is 1. The Bertz CT molecular complexity index is 1250. The van der Waals surface area contributed by atoms with E-state index < -0.39 is 0 Å². The molecule has 4 aromatic rings. The molecular formula is C25H23ClN4OS2. The van der Waals surface area contributed by atoms with Crippen molar-refractivity contribution in [2.45, 2.75) is 36.8 Å². The number of thiophene rings is 1. The number of hydrogen-bond acceptors (Lipinski definition) is 5. The van der Waals surface area contributed by atoms with Crippen LogP contribution in [0, 0.1) is 0 Å². The van der Waals surface area contributed by atoms with Gasteiger partial charge in [0.15, 0.2) is 11.0 Å². The van der Waals surface area contributed by atoms with Crippen LogP contribution in [0.25, 0.3) is 11.4 Å². The van der Waals surface area contributed by atoms with Crippen molar-refractivity contribution in [1.29, 1.82) is 0 Å². The van der Waals surface area contributed by atoms with Crippen molar-refractivity contribution in [2.75, 3.05) is 6.54 Å². The molecule has 0 radical (unpaired) electrons. The monoisotopic (exact) mass is 494 g/mol. The molecule has 0 fully saturated rings. The summed E-state index contributed by atoms with van der Waals surface area (Å²) in [5.74, 6) is 0.901. The molecule has 1 amide bonds. The maximum Gasteiger partial charge on any atom is 0.236 e. The van der Waals surface area contributed by atoms with Gasteiger partial charge in [-0.3, -0.25) is 9.36 Å². The first-order valence-corrected chi connectivity index (χ1v) is 13.0. The molecule has 33 heavy (non-hydrogen) atoms. The van der Waals surface area contributed by atoms with Crippen molar-refractivity contribution in [3.8, 4) is 11.4 Å². The van der Waals surface area contributed by atoms with Crippen LogP contribution in [0.4, 0.5) is 0 Å². The van der Waals surface area contributed by atoms with Crippen LogP contribution in [0.2, 0.25) is 5.02 Å². The number of amides is 1. The fourth-order valence-corrected chi connectivity index (χ4v) is 5.95. The third kappa shape index (κ3) is 4.86. The molecule has 0 saturated heterocycles. The maximum atomic E-state index is 13.3. The normalized spacial score (nSPS) is 14.2. The quantitative estimate of drug-likeness (QED) is 0.319. The minimum Gasteiger partial charge on any atom is -0.337 e. The molecule has 2 aromatic heterocycles. The second-order valence-electron chi connectivity index (χ2n) is 8.02. The number of aromatic nitrogens is 3. The smallest absolute Gasteiger partial charge is 0.236 e. The van der Waals surface area contributed by atoms with Crippen molar-refractivity contribution >= 4 is 40.6 Å². The summed E-state index contributed by atoms with van der Waals surface area (Å²) < 4.78 is 2.08. The summed E-state index contributed by atoms with van der Waals surface area (Å²) in [4.78, 5) is 16.6. The number of halogens is 1. The minimum absolute atomic E-state index is 0.138. The van der Waals surface area contributed by atoms with Gasteiger partial charge in [-0.15, -0.1) is 21.5 Å². The standard InChI is InChI=1S/C25H23ClN4OS2/c1-17(24(31)29-13-11-22-20(16-29)12-14-32-22)33-25-28-27-23(19-7-9-21(26)10-8-19)30(25)15-18-5-3-2-4-6-18/h2-10,12,14,17H,11,13,15-16H2,1H3. The lowest BCUT2D eigenvalue weighted by molar-refractivity contribution is -0.131. The van der Waals surface area contributed by atoms with Gasteiger partial charge < -0.3 is 4.90 Å². The van der Waals surface area contributed by atoms with E-state index in [9.17, 15) is 4.79 Å². The van der Waals surface area contributed by atoms with Gasteiger partial charge in [-0.25, -0.2) is 0 Å². The van der Waals surface area contributed by atoms with Crippen LogP contribution in [0.15, 0.2) is 71.2 Å². The van der Waals surface area contributed by atoms with Gasteiger partial charge >= 0.3 is 0 Å². The van der Waals surface area contributed by atoms with Crippen LogP contribution < -0.4 is 0 Å². The maximum absolute atomic E-state index is 13.3. The lowest BCUT2D eigenvalue weighted by Crippen LogP contribution is -2.39. The average Bonchev–Trinajstić information content (AvgIpc) is 3.46. The summed E-state index contributed by atoms with van der Waals surface area (Å²) in [6, 6.07) is 20.0. The molecule has 2 aromatic carbocycles. The largest absolute Gasteiger partial charge is 0.337 e. The second-order valence-corrected chi connectivity index (χ2v) is 10.8. The lowest BCUT2D eigenvalue weighted by atomic mass is 10.1. The molecular weight excluding hydrogens is 472 g/mol. The highest BCUT2D eigenvalue weighted by molar-refractivity contribution is 8.00. The summed E-state index contributed by atoms with van der Waals surface area (Å²) in [6.45, 7) is 4.04. The SMILES string of the molecule is CC(Sc1nnc(-c2ccc(Cl)cc2)n1Cc1ccccc1)C(=O)N1CCc2sccc2C1. The topological polar surface area (TPSA) is 51.0 Å². The van der Waals surface area contributed by atoms with E-state index in [-0.39, 0.29) is 11.2 Å². The molecule has 0 spiro atoms.